The molecule has 0 spiro atoms. The lowest BCUT2D eigenvalue weighted by atomic mass is 9.88. The summed E-state index contributed by atoms with van der Waals surface area (Å²) in [5, 5.41) is 5.96. The van der Waals surface area contributed by atoms with E-state index in [-0.39, 0.29) is 29.9 Å². The summed E-state index contributed by atoms with van der Waals surface area (Å²) in [4.78, 5) is 31.7. The number of hydrogen-bond acceptors (Lipinski definition) is 3. The Bertz CT molecular complexity index is 838. The Hall–Kier alpha value is -2.89. The van der Waals surface area contributed by atoms with Gasteiger partial charge in [0.05, 0.1) is 24.2 Å². The van der Waals surface area contributed by atoms with Crippen LogP contribution in [0.3, 0.4) is 0 Å². The third-order valence-electron chi connectivity index (χ3n) is 5.22. The number of hydrogen-bond donors (Lipinski definition) is 2. The van der Waals surface area contributed by atoms with Gasteiger partial charge in [0.25, 0.3) is 0 Å². The monoisotopic (exact) mass is 394 g/mol. The van der Waals surface area contributed by atoms with Crippen molar-refractivity contribution in [2.45, 2.75) is 52.2 Å². The Labute approximate surface area is 172 Å². The predicted octanol–water partition coefficient (Wildman–Crippen LogP) is 3.58. The summed E-state index contributed by atoms with van der Waals surface area (Å²) in [6.07, 6.45) is 3.22. The van der Waals surface area contributed by atoms with Crippen LogP contribution in [-0.2, 0) is 11.3 Å². The highest BCUT2D eigenvalue weighted by Gasteiger charge is 2.35. The third-order valence-corrected chi connectivity index (χ3v) is 5.22. The van der Waals surface area contributed by atoms with E-state index < -0.39 is 0 Å². The lowest BCUT2D eigenvalue weighted by molar-refractivity contribution is -0.127. The number of piperidine rings is 1. The molecule has 1 aliphatic rings. The van der Waals surface area contributed by atoms with E-state index in [9.17, 15) is 9.59 Å². The van der Waals surface area contributed by atoms with E-state index in [4.69, 9.17) is 0 Å². The van der Waals surface area contributed by atoms with Gasteiger partial charge in [-0.1, -0.05) is 35.9 Å². The normalized spacial score (nSPS) is 19.1. The highest BCUT2D eigenvalue weighted by atomic mass is 16.2. The van der Waals surface area contributed by atoms with Crippen molar-refractivity contribution in [2.24, 2.45) is 5.92 Å². The first-order valence-corrected chi connectivity index (χ1v) is 10.3. The zero-order chi connectivity index (χ0) is 20.8. The molecule has 2 atom stereocenters. The maximum absolute atomic E-state index is 12.9. The Kier molecular flexibility index (Phi) is 6.86. The molecule has 1 fully saturated rings. The van der Waals surface area contributed by atoms with Gasteiger partial charge in [0.2, 0.25) is 5.91 Å². The van der Waals surface area contributed by atoms with Crippen LogP contribution in [-0.4, -0.2) is 34.4 Å². The van der Waals surface area contributed by atoms with Crippen molar-refractivity contribution < 1.29 is 9.59 Å². The van der Waals surface area contributed by atoms with Crippen molar-refractivity contribution in [3.8, 4) is 0 Å². The van der Waals surface area contributed by atoms with Gasteiger partial charge in [-0.3, -0.25) is 9.78 Å². The second-order valence-corrected chi connectivity index (χ2v) is 8.00. The van der Waals surface area contributed by atoms with E-state index in [2.05, 4.69) is 40.7 Å². The fraction of sp³-hybridized carbons (Fsp3) is 0.435. The molecule has 2 N–H and O–H groups in total. The smallest absolute Gasteiger partial charge is 0.318 e. The molecule has 3 amide bonds. The van der Waals surface area contributed by atoms with E-state index in [1.54, 1.807) is 6.20 Å². The molecule has 1 aliphatic heterocycles. The number of carbonyl (C=O) groups excluding carboxylic acids is 2. The van der Waals surface area contributed by atoms with Gasteiger partial charge in [-0.15, -0.1) is 0 Å². The van der Waals surface area contributed by atoms with Crippen molar-refractivity contribution in [2.75, 3.05) is 6.54 Å². The van der Waals surface area contributed by atoms with Crippen molar-refractivity contribution in [3.63, 3.8) is 0 Å². The highest BCUT2D eigenvalue weighted by molar-refractivity contribution is 5.81. The quantitative estimate of drug-likeness (QED) is 0.814. The Morgan fingerprint density at radius 1 is 1.17 bits per heavy atom. The number of benzene rings is 1. The predicted molar refractivity (Wildman–Crippen MR) is 113 cm³/mol. The summed E-state index contributed by atoms with van der Waals surface area (Å²) in [6, 6.07) is 13.8. The van der Waals surface area contributed by atoms with Gasteiger partial charge in [0, 0.05) is 18.8 Å². The summed E-state index contributed by atoms with van der Waals surface area (Å²) in [5.74, 6) is -0.252. The van der Waals surface area contributed by atoms with Crippen LogP contribution < -0.4 is 10.6 Å². The van der Waals surface area contributed by atoms with Crippen molar-refractivity contribution >= 4 is 11.9 Å². The number of aryl methyl sites for hydroxylation is 1. The number of aromatic nitrogens is 1. The minimum atomic E-state index is -0.224. The summed E-state index contributed by atoms with van der Waals surface area (Å²) in [6.45, 7) is 6.75. The largest absolute Gasteiger partial charge is 0.350 e. The van der Waals surface area contributed by atoms with Crippen LogP contribution in [0.5, 0.6) is 0 Å². The Morgan fingerprint density at radius 3 is 2.69 bits per heavy atom. The molecule has 0 radical (unpaired) electrons. The molecule has 29 heavy (non-hydrogen) atoms. The van der Waals surface area contributed by atoms with Gasteiger partial charge in [-0.05, 0) is 51.3 Å². The minimum absolute atomic E-state index is 0.0199. The molecule has 6 heteroatoms. The fourth-order valence-corrected chi connectivity index (χ4v) is 3.79. The standard InChI is InChI=1S/C23H30N4O2/c1-16(2)26-23(29)27-15-19(22(28)25-14-20-9-4-5-12-24-20)10-11-21(27)18-8-6-7-17(3)13-18/h4-9,12-13,16,19,21H,10-11,14-15H2,1-3H3,(H,25,28)(H,26,29)/t19-,21-/m1/s1. The molecule has 0 saturated carbocycles. The molecule has 1 aromatic carbocycles. The first kappa shape index (κ1) is 20.8. The average Bonchev–Trinajstić information content (AvgIpc) is 2.72. The maximum atomic E-state index is 12.9. The minimum Gasteiger partial charge on any atom is -0.350 e. The molecule has 0 unspecified atom stereocenters. The van der Waals surface area contributed by atoms with E-state index in [1.807, 2.05) is 43.0 Å². The first-order chi connectivity index (χ1) is 13.9. The molecule has 6 nitrogen and oxygen atoms in total. The van der Waals surface area contributed by atoms with Crippen LogP contribution in [0.1, 0.15) is 49.6 Å². The van der Waals surface area contributed by atoms with Crippen LogP contribution in [0.2, 0.25) is 0 Å². The lowest BCUT2D eigenvalue weighted by Gasteiger charge is -2.40. The van der Waals surface area contributed by atoms with Crippen LogP contribution in [0.4, 0.5) is 4.79 Å². The van der Waals surface area contributed by atoms with Gasteiger partial charge in [0.15, 0.2) is 0 Å². The van der Waals surface area contributed by atoms with E-state index in [1.165, 1.54) is 5.56 Å². The molecule has 0 aliphatic carbocycles. The fourth-order valence-electron chi connectivity index (χ4n) is 3.79. The molecule has 2 aromatic rings. The van der Waals surface area contributed by atoms with Crippen LogP contribution >= 0.6 is 0 Å². The number of amides is 3. The zero-order valence-electron chi connectivity index (χ0n) is 17.4. The van der Waals surface area contributed by atoms with Gasteiger partial charge < -0.3 is 15.5 Å². The van der Waals surface area contributed by atoms with Crippen LogP contribution in [0.15, 0.2) is 48.7 Å². The number of nitrogens with one attached hydrogen (secondary N) is 2. The second-order valence-electron chi connectivity index (χ2n) is 8.00. The number of rotatable bonds is 5. The van der Waals surface area contributed by atoms with E-state index in [0.29, 0.717) is 13.1 Å². The third kappa shape index (κ3) is 5.56. The van der Waals surface area contributed by atoms with Crippen molar-refractivity contribution in [1.29, 1.82) is 0 Å². The topological polar surface area (TPSA) is 74.3 Å². The second kappa shape index (κ2) is 9.54. The number of likely N-dealkylation sites (tertiary alicyclic amines) is 1. The summed E-state index contributed by atoms with van der Waals surface area (Å²) in [7, 11) is 0. The number of nitrogens with zero attached hydrogens (tertiary/aromatic N) is 2. The molecule has 3 rings (SSSR count). The molecular weight excluding hydrogens is 364 g/mol. The lowest BCUT2D eigenvalue weighted by Crippen LogP contribution is -2.51. The first-order valence-electron chi connectivity index (χ1n) is 10.3. The van der Waals surface area contributed by atoms with Gasteiger partial charge in [-0.2, -0.15) is 0 Å². The highest BCUT2D eigenvalue weighted by Crippen LogP contribution is 2.34. The van der Waals surface area contributed by atoms with Gasteiger partial charge >= 0.3 is 6.03 Å². The van der Waals surface area contributed by atoms with Gasteiger partial charge in [-0.25, -0.2) is 4.79 Å². The SMILES string of the molecule is Cc1cccc([C@H]2CC[C@@H](C(=O)NCc3ccccn3)CN2C(=O)NC(C)C)c1. The number of carbonyl (C=O) groups is 2. The molecule has 2 heterocycles. The van der Waals surface area contributed by atoms with E-state index in [0.717, 1.165) is 24.1 Å². The van der Waals surface area contributed by atoms with Crippen LogP contribution in [0, 0.1) is 12.8 Å². The Balaban J connectivity index is 1.71. The molecule has 0 bridgehead atoms. The van der Waals surface area contributed by atoms with Gasteiger partial charge in [0.1, 0.15) is 0 Å². The molecular formula is C23H30N4O2. The Morgan fingerprint density at radius 2 is 2.00 bits per heavy atom. The van der Waals surface area contributed by atoms with Crippen molar-refractivity contribution in [3.05, 3.63) is 65.5 Å². The number of pyridine rings is 1. The summed E-state index contributed by atoms with van der Waals surface area (Å²) >= 11 is 0. The number of urea groups is 1. The van der Waals surface area contributed by atoms with E-state index >= 15 is 0 Å². The van der Waals surface area contributed by atoms with Crippen molar-refractivity contribution in [1.82, 2.24) is 20.5 Å². The molecule has 154 valence electrons. The van der Waals surface area contributed by atoms with Crippen LogP contribution in [0.25, 0.3) is 0 Å². The molecule has 1 saturated heterocycles. The molecule has 1 aromatic heterocycles. The maximum Gasteiger partial charge on any atom is 0.318 e. The zero-order valence-corrected chi connectivity index (χ0v) is 17.4. The summed E-state index contributed by atoms with van der Waals surface area (Å²) < 4.78 is 0. The average molecular weight is 395 g/mol. The summed E-state index contributed by atoms with van der Waals surface area (Å²) in [5.41, 5.74) is 3.11.